The minimum atomic E-state index is -0.551. The Labute approximate surface area is 171 Å². The number of benzene rings is 2. The van der Waals surface area contributed by atoms with E-state index in [0.717, 1.165) is 16.8 Å². The van der Waals surface area contributed by atoms with Gasteiger partial charge in [0, 0.05) is 23.3 Å². The fourth-order valence-corrected chi connectivity index (χ4v) is 3.31. The third-order valence-electron chi connectivity index (χ3n) is 3.84. The van der Waals surface area contributed by atoms with Gasteiger partial charge in [0.1, 0.15) is 0 Å². The lowest BCUT2D eigenvalue weighted by atomic mass is 10.1. The highest BCUT2D eigenvalue weighted by Gasteiger charge is 2.18. The lowest BCUT2D eigenvalue weighted by Gasteiger charge is -2.11. The number of nitrogens with one attached hydrogen (secondary N) is 2. The molecule has 3 rings (SSSR count). The zero-order valence-electron chi connectivity index (χ0n) is 15.3. The Balaban J connectivity index is 1.93. The van der Waals surface area contributed by atoms with E-state index >= 15 is 0 Å². The van der Waals surface area contributed by atoms with E-state index in [1.807, 2.05) is 47.9 Å². The monoisotopic (exact) mass is 415 g/mol. The predicted octanol–water partition coefficient (Wildman–Crippen LogP) is 3.44. The van der Waals surface area contributed by atoms with Gasteiger partial charge in [0.25, 0.3) is 0 Å². The van der Waals surface area contributed by atoms with Crippen LogP contribution >= 0.6 is 23.4 Å². The largest absolute Gasteiger partial charge is 0.341 e. The summed E-state index contributed by atoms with van der Waals surface area (Å²) in [7, 11) is 1.45. The molecule has 0 spiro atoms. The lowest BCUT2D eigenvalue weighted by Crippen LogP contribution is -2.38. The topological polar surface area (TPSA) is 88.9 Å². The van der Waals surface area contributed by atoms with Crippen molar-refractivity contribution in [3.05, 3.63) is 59.1 Å². The molecule has 0 aliphatic heterocycles. The van der Waals surface area contributed by atoms with Gasteiger partial charge < -0.3 is 5.32 Å². The van der Waals surface area contributed by atoms with Gasteiger partial charge in [-0.2, -0.15) is 0 Å². The van der Waals surface area contributed by atoms with Gasteiger partial charge in [-0.1, -0.05) is 53.2 Å². The maximum absolute atomic E-state index is 11.9. The van der Waals surface area contributed by atoms with Crippen LogP contribution in [0.5, 0.6) is 0 Å². The van der Waals surface area contributed by atoms with E-state index in [9.17, 15) is 9.59 Å². The number of amides is 3. The summed E-state index contributed by atoms with van der Waals surface area (Å²) >= 11 is 7.21. The highest BCUT2D eigenvalue weighted by atomic mass is 35.5. The molecule has 0 saturated heterocycles. The molecule has 0 aliphatic rings. The molecule has 0 bridgehead atoms. The SMILES string of the molecule is CNC(=O)NC(=O)CSc1nnc(-c2ccc(C)cc2)n1-c1ccc(Cl)cc1. The van der Waals surface area contributed by atoms with Gasteiger partial charge in [-0.25, -0.2) is 4.79 Å². The van der Waals surface area contributed by atoms with Crippen molar-refractivity contribution in [3.63, 3.8) is 0 Å². The molecule has 0 aliphatic carbocycles. The summed E-state index contributed by atoms with van der Waals surface area (Å²) in [5, 5.41) is 14.3. The number of rotatable bonds is 5. The van der Waals surface area contributed by atoms with Crippen LogP contribution in [0.1, 0.15) is 5.56 Å². The smallest absolute Gasteiger partial charge is 0.321 e. The minimum Gasteiger partial charge on any atom is -0.341 e. The van der Waals surface area contributed by atoms with Crippen molar-refractivity contribution < 1.29 is 9.59 Å². The molecule has 1 aromatic heterocycles. The maximum Gasteiger partial charge on any atom is 0.321 e. The number of aryl methyl sites for hydroxylation is 1. The van der Waals surface area contributed by atoms with E-state index in [1.165, 1.54) is 18.8 Å². The molecule has 2 N–H and O–H groups in total. The van der Waals surface area contributed by atoms with Gasteiger partial charge >= 0.3 is 6.03 Å². The van der Waals surface area contributed by atoms with Crippen LogP contribution < -0.4 is 10.6 Å². The zero-order chi connectivity index (χ0) is 20.1. The van der Waals surface area contributed by atoms with E-state index in [0.29, 0.717) is 16.0 Å². The average molecular weight is 416 g/mol. The van der Waals surface area contributed by atoms with Crippen LogP contribution in [0.25, 0.3) is 17.1 Å². The number of thioether (sulfide) groups is 1. The van der Waals surface area contributed by atoms with Crippen molar-refractivity contribution in [3.8, 4) is 17.1 Å². The number of hydrogen-bond acceptors (Lipinski definition) is 5. The van der Waals surface area contributed by atoms with Crippen molar-refractivity contribution in [1.82, 2.24) is 25.4 Å². The van der Waals surface area contributed by atoms with Crippen molar-refractivity contribution >= 4 is 35.3 Å². The number of aromatic nitrogens is 3. The fraction of sp³-hybridized carbons (Fsp3) is 0.158. The summed E-state index contributed by atoms with van der Waals surface area (Å²) in [6, 6.07) is 14.7. The second-order valence-corrected chi connectivity index (χ2v) is 7.28. The molecule has 0 unspecified atom stereocenters. The van der Waals surface area contributed by atoms with Crippen molar-refractivity contribution in [2.45, 2.75) is 12.1 Å². The van der Waals surface area contributed by atoms with E-state index in [-0.39, 0.29) is 5.75 Å². The first kappa shape index (κ1) is 19.9. The average Bonchev–Trinajstić information content (AvgIpc) is 3.11. The number of imide groups is 1. The quantitative estimate of drug-likeness (QED) is 0.623. The fourth-order valence-electron chi connectivity index (χ4n) is 2.43. The molecule has 3 aromatic rings. The Kier molecular flexibility index (Phi) is 6.33. The van der Waals surface area contributed by atoms with Crippen molar-refractivity contribution in [2.75, 3.05) is 12.8 Å². The van der Waals surface area contributed by atoms with Gasteiger partial charge in [-0.15, -0.1) is 10.2 Å². The van der Waals surface area contributed by atoms with Crippen LogP contribution in [-0.2, 0) is 4.79 Å². The third kappa shape index (κ3) is 4.71. The number of halogens is 1. The number of nitrogens with zero attached hydrogens (tertiary/aromatic N) is 3. The van der Waals surface area contributed by atoms with E-state index in [4.69, 9.17) is 11.6 Å². The molecule has 1 heterocycles. The molecule has 2 aromatic carbocycles. The first-order chi connectivity index (χ1) is 13.5. The molecular formula is C19H18ClN5O2S. The van der Waals surface area contributed by atoms with E-state index in [1.54, 1.807) is 12.1 Å². The van der Waals surface area contributed by atoms with Gasteiger partial charge in [-0.05, 0) is 31.2 Å². The molecule has 0 radical (unpaired) electrons. The van der Waals surface area contributed by atoms with Gasteiger partial charge in [0.15, 0.2) is 11.0 Å². The molecule has 9 heteroatoms. The zero-order valence-corrected chi connectivity index (χ0v) is 16.8. The number of urea groups is 1. The van der Waals surface area contributed by atoms with Crippen LogP contribution in [0.2, 0.25) is 5.02 Å². The summed E-state index contributed by atoms with van der Waals surface area (Å²) in [5.74, 6) is 0.246. The normalized spacial score (nSPS) is 10.5. The first-order valence-electron chi connectivity index (χ1n) is 8.40. The van der Waals surface area contributed by atoms with E-state index in [2.05, 4.69) is 20.8 Å². The second-order valence-electron chi connectivity index (χ2n) is 5.90. The summed E-state index contributed by atoms with van der Waals surface area (Å²) in [5.41, 5.74) is 2.86. The molecule has 3 amide bonds. The maximum atomic E-state index is 11.9. The first-order valence-corrected chi connectivity index (χ1v) is 9.77. The molecule has 0 atom stereocenters. The molecule has 0 fully saturated rings. The minimum absolute atomic E-state index is 0.0209. The summed E-state index contributed by atoms with van der Waals surface area (Å²) in [4.78, 5) is 23.2. The number of hydrogen-bond donors (Lipinski definition) is 2. The van der Waals surface area contributed by atoms with Gasteiger partial charge in [-0.3, -0.25) is 14.7 Å². The summed E-state index contributed by atoms with van der Waals surface area (Å²) in [6.07, 6.45) is 0. The Morgan fingerprint density at radius 2 is 1.75 bits per heavy atom. The Morgan fingerprint density at radius 1 is 1.07 bits per heavy atom. The van der Waals surface area contributed by atoms with Crippen LogP contribution in [0.3, 0.4) is 0 Å². The Morgan fingerprint density at radius 3 is 2.39 bits per heavy atom. The van der Waals surface area contributed by atoms with Gasteiger partial charge in [0.2, 0.25) is 5.91 Å². The van der Waals surface area contributed by atoms with Crippen molar-refractivity contribution in [1.29, 1.82) is 0 Å². The standard InChI is InChI=1S/C19H18ClN5O2S/c1-12-3-5-13(6-4-12)17-23-24-19(28-11-16(26)22-18(27)21-2)25(17)15-9-7-14(20)8-10-15/h3-10H,11H2,1-2H3,(H2,21,22,26,27). The highest BCUT2D eigenvalue weighted by molar-refractivity contribution is 7.99. The van der Waals surface area contributed by atoms with Crippen LogP contribution in [-0.4, -0.2) is 39.5 Å². The predicted molar refractivity (Wildman–Crippen MR) is 110 cm³/mol. The third-order valence-corrected chi connectivity index (χ3v) is 5.02. The lowest BCUT2D eigenvalue weighted by molar-refractivity contribution is -0.117. The van der Waals surface area contributed by atoms with E-state index < -0.39 is 11.9 Å². The molecule has 144 valence electrons. The number of carbonyl (C=O) groups is 2. The molecule has 0 saturated carbocycles. The van der Waals surface area contributed by atoms with Gasteiger partial charge in [0.05, 0.1) is 5.75 Å². The number of carbonyl (C=O) groups excluding carboxylic acids is 2. The highest BCUT2D eigenvalue weighted by Crippen LogP contribution is 2.28. The molecule has 28 heavy (non-hydrogen) atoms. The van der Waals surface area contributed by atoms with Crippen LogP contribution in [0.15, 0.2) is 53.7 Å². The van der Waals surface area contributed by atoms with Crippen LogP contribution in [0, 0.1) is 6.92 Å². The molecule has 7 nitrogen and oxygen atoms in total. The second kappa shape index (κ2) is 8.90. The van der Waals surface area contributed by atoms with Crippen LogP contribution in [0.4, 0.5) is 4.79 Å². The Hall–Kier alpha value is -2.84. The summed E-state index contributed by atoms with van der Waals surface area (Å²) < 4.78 is 1.86. The van der Waals surface area contributed by atoms with Crippen molar-refractivity contribution in [2.24, 2.45) is 0 Å². The molecular weight excluding hydrogens is 398 g/mol. The summed E-state index contributed by atoms with van der Waals surface area (Å²) in [6.45, 7) is 2.01. The Bertz CT molecular complexity index is 987.